The number of pyridine rings is 1. The number of guanidine groups is 1. The molecule has 1 heterocycles. The Hall–Kier alpha value is -1.28. The number of thioether (sulfide) groups is 1. The van der Waals surface area contributed by atoms with E-state index >= 15 is 0 Å². The third-order valence-corrected chi connectivity index (χ3v) is 4.65. The van der Waals surface area contributed by atoms with Gasteiger partial charge in [-0.2, -0.15) is 0 Å². The van der Waals surface area contributed by atoms with Gasteiger partial charge in [-0.3, -0.25) is 9.98 Å². The van der Waals surface area contributed by atoms with E-state index in [0.29, 0.717) is 0 Å². The van der Waals surface area contributed by atoms with Crippen molar-refractivity contribution in [1.82, 2.24) is 15.2 Å². The minimum Gasteiger partial charge on any atom is -0.357 e. The Labute approximate surface area is 178 Å². The molecular weight excluding hydrogens is 455 g/mol. The standard InChI is InChI=1S/C20H28N4S.HI/c1-5-21-20(22-13-12-17-7-6-16(2)23-14-17)24(3)15-18-8-10-19(25-4)11-9-18;/h6-11,14H,5,12-13,15H2,1-4H3,(H,21,22);1H. The monoisotopic (exact) mass is 484 g/mol. The number of hydrogen-bond donors (Lipinski definition) is 1. The summed E-state index contributed by atoms with van der Waals surface area (Å²) in [4.78, 5) is 12.6. The van der Waals surface area contributed by atoms with Crippen LogP contribution in [0.25, 0.3) is 0 Å². The molecule has 1 N–H and O–H groups in total. The second kappa shape index (κ2) is 12.2. The van der Waals surface area contributed by atoms with Crippen molar-refractivity contribution in [2.24, 2.45) is 4.99 Å². The van der Waals surface area contributed by atoms with Crippen molar-refractivity contribution in [1.29, 1.82) is 0 Å². The van der Waals surface area contributed by atoms with E-state index in [-0.39, 0.29) is 24.0 Å². The predicted molar refractivity (Wildman–Crippen MR) is 124 cm³/mol. The third-order valence-electron chi connectivity index (χ3n) is 3.91. The summed E-state index contributed by atoms with van der Waals surface area (Å²) in [5.74, 6) is 0.941. The number of aryl methyl sites for hydroxylation is 1. The molecule has 142 valence electrons. The lowest BCUT2D eigenvalue weighted by atomic mass is 10.2. The van der Waals surface area contributed by atoms with Crippen molar-refractivity contribution in [3.63, 3.8) is 0 Å². The zero-order chi connectivity index (χ0) is 18.1. The van der Waals surface area contributed by atoms with Crippen LogP contribution in [-0.2, 0) is 13.0 Å². The number of benzene rings is 1. The average Bonchev–Trinajstić information content (AvgIpc) is 2.63. The summed E-state index contributed by atoms with van der Waals surface area (Å²) in [7, 11) is 2.08. The second-order valence-corrected chi connectivity index (χ2v) is 6.88. The van der Waals surface area contributed by atoms with Crippen molar-refractivity contribution in [2.45, 2.75) is 31.7 Å². The molecule has 0 amide bonds. The van der Waals surface area contributed by atoms with E-state index in [2.05, 4.69) is 71.8 Å². The van der Waals surface area contributed by atoms with Gasteiger partial charge in [-0.05, 0) is 55.9 Å². The van der Waals surface area contributed by atoms with Crippen LogP contribution in [0.3, 0.4) is 0 Å². The first kappa shape index (κ1) is 22.8. The average molecular weight is 484 g/mol. The van der Waals surface area contributed by atoms with E-state index in [9.17, 15) is 0 Å². The van der Waals surface area contributed by atoms with E-state index in [1.165, 1.54) is 16.0 Å². The van der Waals surface area contributed by atoms with Gasteiger partial charge >= 0.3 is 0 Å². The maximum absolute atomic E-state index is 4.76. The highest BCUT2D eigenvalue weighted by Crippen LogP contribution is 2.15. The summed E-state index contributed by atoms with van der Waals surface area (Å²) in [6, 6.07) is 12.9. The lowest BCUT2D eigenvalue weighted by Gasteiger charge is -2.22. The molecule has 0 aliphatic rings. The van der Waals surface area contributed by atoms with Crippen LogP contribution < -0.4 is 5.32 Å². The summed E-state index contributed by atoms with van der Waals surface area (Å²) < 4.78 is 0. The van der Waals surface area contributed by atoms with Crippen LogP contribution in [0.15, 0.2) is 52.5 Å². The molecule has 0 bridgehead atoms. The predicted octanol–water partition coefficient (Wildman–Crippen LogP) is 4.37. The van der Waals surface area contributed by atoms with Crippen LogP contribution in [0.4, 0.5) is 0 Å². The van der Waals surface area contributed by atoms with Gasteiger partial charge in [0.25, 0.3) is 0 Å². The van der Waals surface area contributed by atoms with Crippen LogP contribution in [-0.4, -0.2) is 42.2 Å². The Balaban J connectivity index is 0.00000338. The molecule has 0 saturated heterocycles. The molecule has 0 aliphatic heterocycles. The molecule has 0 atom stereocenters. The van der Waals surface area contributed by atoms with Crippen molar-refractivity contribution < 1.29 is 0 Å². The molecule has 2 aromatic rings. The molecule has 0 fully saturated rings. The SMILES string of the molecule is CCNC(=NCCc1ccc(C)nc1)N(C)Cc1ccc(SC)cc1.I. The first-order valence-electron chi connectivity index (χ1n) is 8.66. The highest BCUT2D eigenvalue weighted by atomic mass is 127. The Morgan fingerprint density at radius 1 is 1.15 bits per heavy atom. The summed E-state index contributed by atoms with van der Waals surface area (Å²) in [5.41, 5.74) is 3.56. The van der Waals surface area contributed by atoms with Gasteiger partial charge in [-0.25, -0.2) is 0 Å². The molecule has 1 aromatic carbocycles. The van der Waals surface area contributed by atoms with Gasteiger partial charge < -0.3 is 10.2 Å². The molecule has 1 aromatic heterocycles. The molecule has 0 unspecified atom stereocenters. The third kappa shape index (κ3) is 7.53. The quantitative estimate of drug-likeness (QED) is 0.274. The van der Waals surface area contributed by atoms with Gasteiger partial charge in [-0.15, -0.1) is 35.7 Å². The topological polar surface area (TPSA) is 40.5 Å². The largest absolute Gasteiger partial charge is 0.357 e. The molecule has 2 rings (SSSR count). The Morgan fingerprint density at radius 3 is 2.42 bits per heavy atom. The maximum atomic E-state index is 4.76. The number of nitrogens with one attached hydrogen (secondary N) is 1. The van der Waals surface area contributed by atoms with E-state index < -0.39 is 0 Å². The first-order chi connectivity index (χ1) is 12.1. The van der Waals surface area contributed by atoms with E-state index in [1.54, 1.807) is 11.8 Å². The minimum atomic E-state index is 0. The van der Waals surface area contributed by atoms with Crippen LogP contribution in [0.2, 0.25) is 0 Å². The van der Waals surface area contributed by atoms with Crippen molar-refractivity contribution in [3.05, 3.63) is 59.4 Å². The fourth-order valence-corrected chi connectivity index (χ4v) is 2.89. The Kier molecular flexibility index (Phi) is 10.7. The van der Waals surface area contributed by atoms with Crippen LogP contribution in [0.1, 0.15) is 23.7 Å². The first-order valence-corrected chi connectivity index (χ1v) is 9.88. The number of nitrogens with zero attached hydrogens (tertiary/aromatic N) is 3. The van der Waals surface area contributed by atoms with Gasteiger partial charge in [0.05, 0.1) is 0 Å². The number of hydrogen-bond acceptors (Lipinski definition) is 3. The molecule has 0 saturated carbocycles. The summed E-state index contributed by atoms with van der Waals surface area (Å²) in [6.45, 7) is 6.56. The van der Waals surface area contributed by atoms with Crippen molar-refractivity contribution in [2.75, 3.05) is 26.4 Å². The Morgan fingerprint density at radius 2 is 1.85 bits per heavy atom. The van der Waals surface area contributed by atoms with Gasteiger partial charge in [0.1, 0.15) is 0 Å². The zero-order valence-corrected chi connectivity index (χ0v) is 19.2. The Bertz CT molecular complexity index is 671. The maximum Gasteiger partial charge on any atom is 0.193 e. The van der Waals surface area contributed by atoms with E-state index in [1.807, 2.05) is 13.1 Å². The summed E-state index contributed by atoms with van der Waals surface area (Å²) in [5, 5.41) is 3.38. The van der Waals surface area contributed by atoms with Gasteiger partial charge in [-0.1, -0.05) is 18.2 Å². The number of aliphatic imine (C=N–C) groups is 1. The van der Waals surface area contributed by atoms with Gasteiger partial charge in [0.2, 0.25) is 0 Å². The van der Waals surface area contributed by atoms with Gasteiger partial charge in [0.15, 0.2) is 5.96 Å². The normalized spacial score (nSPS) is 11.0. The lowest BCUT2D eigenvalue weighted by Crippen LogP contribution is -2.38. The number of rotatable bonds is 7. The molecular formula is C20H29IN4S. The molecule has 26 heavy (non-hydrogen) atoms. The van der Waals surface area contributed by atoms with Crippen LogP contribution >= 0.6 is 35.7 Å². The molecule has 4 nitrogen and oxygen atoms in total. The molecule has 0 aliphatic carbocycles. The van der Waals surface area contributed by atoms with Crippen LogP contribution in [0, 0.1) is 6.92 Å². The molecule has 6 heteroatoms. The summed E-state index contributed by atoms with van der Waals surface area (Å²) in [6.07, 6.45) is 4.94. The van der Waals surface area contributed by atoms with Crippen molar-refractivity contribution in [3.8, 4) is 0 Å². The zero-order valence-electron chi connectivity index (χ0n) is 16.0. The van der Waals surface area contributed by atoms with E-state index in [4.69, 9.17) is 4.99 Å². The molecule has 0 radical (unpaired) electrons. The van der Waals surface area contributed by atoms with Crippen LogP contribution in [0.5, 0.6) is 0 Å². The number of aromatic nitrogens is 1. The fraction of sp³-hybridized carbons (Fsp3) is 0.400. The highest BCUT2D eigenvalue weighted by molar-refractivity contribution is 14.0. The second-order valence-electron chi connectivity index (χ2n) is 6.00. The fourth-order valence-electron chi connectivity index (χ4n) is 2.49. The smallest absolute Gasteiger partial charge is 0.193 e. The van der Waals surface area contributed by atoms with Gasteiger partial charge in [0, 0.05) is 43.5 Å². The minimum absolute atomic E-state index is 0. The lowest BCUT2D eigenvalue weighted by molar-refractivity contribution is 0.477. The highest BCUT2D eigenvalue weighted by Gasteiger charge is 2.06. The summed E-state index contributed by atoms with van der Waals surface area (Å²) >= 11 is 1.77. The van der Waals surface area contributed by atoms with Crippen molar-refractivity contribution >= 4 is 41.7 Å². The van der Waals surface area contributed by atoms with E-state index in [0.717, 1.165) is 37.7 Å². The molecule has 0 spiro atoms. The number of halogens is 1.